The minimum absolute atomic E-state index is 0.0387. The molecule has 0 aromatic carbocycles. The molecule has 2 heterocycles. The van der Waals surface area contributed by atoms with Crippen molar-refractivity contribution >= 4 is 27.9 Å². The third-order valence-electron chi connectivity index (χ3n) is 3.28. The van der Waals surface area contributed by atoms with E-state index in [1.54, 1.807) is 23.8 Å². The zero-order valence-electron chi connectivity index (χ0n) is 11.4. The largest absolute Gasteiger partial charge is 0.388 e. The first-order valence-electron chi connectivity index (χ1n) is 6.35. The van der Waals surface area contributed by atoms with E-state index in [1.807, 2.05) is 0 Å². The zero-order valence-corrected chi connectivity index (χ0v) is 12.2. The van der Waals surface area contributed by atoms with Crippen LogP contribution in [0.4, 0.5) is 10.7 Å². The van der Waals surface area contributed by atoms with Crippen molar-refractivity contribution in [2.24, 2.45) is 0 Å². The van der Waals surface area contributed by atoms with E-state index in [4.69, 9.17) is 0 Å². The molecule has 110 valence electrons. The van der Waals surface area contributed by atoms with Crippen LogP contribution >= 0.6 is 11.3 Å². The molecule has 1 aliphatic heterocycles. The number of thiophene rings is 1. The Morgan fingerprint density at radius 1 is 1.50 bits per heavy atom. The molecule has 20 heavy (non-hydrogen) atoms. The van der Waals surface area contributed by atoms with Crippen LogP contribution in [-0.4, -0.2) is 47.5 Å². The number of carbonyl (C=O) groups excluding carboxylic acids is 1. The van der Waals surface area contributed by atoms with E-state index >= 15 is 0 Å². The molecule has 2 rings (SSSR count). The Morgan fingerprint density at radius 2 is 2.20 bits per heavy atom. The lowest BCUT2D eigenvalue weighted by Gasteiger charge is -2.19. The minimum Gasteiger partial charge on any atom is -0.388 e. The van der Waals surface area contributed by atoms with Gasteiger partial charge in [-0.15, -0.1) is 11.3 Å². The molecule has 0 spiro atoms. The zero-order chi connectivity index (χ0) is 14.9. The standard InChI is InChI=1S/C12H17N3O4S/c1-8(16)10-6-9(15(18)19)12(20-10)14-5-3-4-13(2)11(17)7-14/h6,8,16H,3-5,7H2,1-2H3. The van der Waals surface area contributed by atoms with E-state index in [9.17, 15) is 20.0 Å². The molecule has 0 bridgehead atoms. The highest BCUT2D eigenvalue weighted by Gasteiger charge is 2.28. The molecule has 1 atom stereocenters. The van der Waals surface area contributed by atoms with Crippen molar-refractivity contribution in [3.8, 4) is 0 Å². The van der Waals surface area contributed by atoms with Crippen molar-refractivity contribution in [1.29, 1.82) is 0 Å². The first-order valence-corrected chi connectivity index (χ1v) is 7.17. The second kappa shape index (κ2) is 5.76. The molecule has 0 aliphatic carbocycles. The van der Waals surface area contributed by atoms with Gasteiger partial charge in [-0.05, 0) is 13.3 Å². The number of hydrogen-bond donors (Lipinski definition) is 1. The first kappa shape index (κ1) is 14.7. The van der Waals surface area contributed by atoms with Gasteiger partial charge in [0.1, 0.15) is 0 Å². The maximum Gasteiger partial charge on any atom is 0.304 e. The fraction of sp³-hybridized carbons (Fsp3) is 0.583. The molecular formula is C12H17N3O4S. The molecule has 8 heteroatoms. The normalized spacial score (nSPS) is 18.1. The molecule has 1 N–H and O–H groups in total. The number of aliphatic hydroxyl groups excluding tert-OH is 1. The van der Waals surface area contributed by atoms with Gasteiger partial charge in [-0.3, -0.25) is 14.9 Å². The summed E-state index contributed by atoms with van der Waals surface area (Å²) < 4.78 is 0. The minimum atomic E-state index is -0.752. The lowest BCUT2D eigenvalue weighted by Crippen LogP contribution is -2.34. The van der Waals surface area contributed by atoms with Crippen molar-refractivity contribution < 1.29 is 14.8 Å². The Hall–Kier alpha value is -1.67. The van der Waals surface area contributed by atoms with Gasteiger partial charge in [0.05, 0.1) is 17.6 Å². The molecule has 1 saturated heterocycles. The van der Waals surface area contributed by atoms with Crippen molar-refractivity contribution in [3.05, 3.63) is 21.1 Å². The van der Waals surface area contributed by atoms with Crippen LogP contribution in [0.2, 0.25) is 0 Å². The fourth-order valence-electron chi connectivity index (χ4n) is 2.11. The van der Waals surface area contributed by atoms with Gasteiger partial charge in [0.15, 0.2) is 5.00 Å². The quantitative estimate of drug-likeness (QED) is 0.673. The van der Waals surface area contributed by atoms with Crippen LogP contribution in [0.15, 0.2) is 6.07 Å². The van der Waals surface area contributed by atoms with Crippen LogP contribution < -0.4 is 4.90 Å². The van der Waals surface area contributed by atoms with E-state index in [0.29, 0.717) is 23.0 Å². The van der Waals surface area contributed by atoms with Gasteiger partial charge in [0.25, 0.3) is 0 Å². The van der Waals surface area contributed by atoms with Crippen molar-refractivity contribution in [2.75, 3.05) is 31.6 Å². The van der Waals surface area contributed by atoms with Crippen LogP contribution in [0.25, 0.3) is 0 Å². The monoisotopic (exact) mass is 299 g/mol. The summed E-state index contributed by atoms with van der Waals surface area (Å²) in [6.07, 6.45) is 0.0132. The molecule has 1 fully saturated rings. The van der Waals surface area contributed by atoms with Gasteiger partial charge >= 0.3 is 5.69 Å². The highest BCUT2D eigenvalue weighted by atomic mass is 32.1. The smallest absolute Gasteiger partial charge is 0.304 e. The van der Waals surface area contributed by atoms with E-state index in [2.05, 4.69) is 0 Å². The molecule has 1 aromatic rings. The van der Waals surface area contributed by atoms with Gasteiger partial charge in [-0.2, -0.15) is 0 Å². The number of amides is 1. The van der Waals surface area contributed by atoms with Crippen molar-refractivity contribution in [2.45, 2.75) is 19.4 Å². The Kier molecular flexibility index (Phi) is 4.24. The second-order valence-electron chi connectivity index (χ2n) is 4.86. The Bertz CT molecular complexity index is 529. The van der Waals surface area contributed by atoms with E-state index in [1.165, 1.54) is 17.4 Å². The van der Waals surface area contributed by atoms with Crippen LogP contribution in [0.5, 0.6) is 0 Å². The number of rotatable bonds is 3. The van der Waals surface area contributed by atoms with Gasteiger partial charge in [-0.1, -0.05) is 0 Å². The van der Waals surface area contributed by atoms with Gasteiger partial charge < -0.3 is 14.9 Å². The number of hydrogen-bond acceptors (Lipinski definition) is 6. The van der Waals surface area contributed by atoms with Crippen LogP contribution in [-0.2, 0) is 4.79 Å². The van der Waals surface area contributed by atoms with Gasteiger partial charge in [0.2, 0.25) is 5.91 Å². The van der Waals surface area contributed by atoms with E-state index < -0.39 is 11.0 Å². The summed E-state index contributed by atoms with van der Waals surface area (Å²) in [6, 6.07) is 1.39. The SMILES string of the molecule is CC(O)c1cc([N+](=O)[O-])c(N2CCCN(C)C(=O)C2)s1. The average Bonchev–Trinajstić information content (AvgIpc) is 2.75. The van der Waals surface area contributed by atoms with Crippen molar-refractivity contribution in [1.82, 2.24) is 4.90 Å². The number of anilines is 1. The maximum absolute atomic E-state index is 11.9. The summed E-state index contributed by atoms with van der Waals surface area (Å²) in [5, 5.41) is 21.2. The van der Waals surface area contributed by atoms with Crippen LogP contribution in [0, 0.1) is 10.1 Å². The molecule has 0 radical (unpaired) electrons. The van der Waals surface area contributed by atoms with Gasteiger partial charge in [0, 0.05) is 31.1 Å². The van der Waals surface area contributed by atoms with Crippen LogP contribution in [0.1, 0.15) is 24.3 Å². The lowest BCUT2D eigenvalue weighted by molar-refractivity contribution is -0.383. The van der Waals surface area contributed by atoms with Crippen LogP contribution in [0.3, 0.4) is 0 Å². The summed E-state index contributed by atoms with van der Waals surface area (Å²) in [5.41, 5.74) is -0.0387. The lowest BCUT2D eigenvalue weighted by atomic mass is 10.3. The topological polar surface area (TPSA) is 86.9 Å². The number of nitro groups is 1. The molecule has 1 aliphatic rings. The molecule has 1 amide bonds. The van der Waals surface area contributed by atoms with E-state index in [0.717, 1.165) is 6.42 Å². The third kappa shape index (κ3) is 2.91. The molecule has 0 saturated carbocycles. The predicted molar refractivity (Wildman–Crippen MR) is 76.1 cm³/mol. The van der Waals surface area contributed by atoms with E-state index in [-0.39, 0.29) is 18.1 Å². The highest BCUT2D eigenvalue weighted by molar-refractivity contribution is 7.16. The number of aliphatic hydroxyl groups is 1. The van der Waals surface area contributed by atoms with Crippen molar-refractivity contribution in [3.63, 3.8) is 0 Å². The highest BCUT2D eigenvalue weighted by Crippen LogP contribution is 2.40. The maximum atomic E-state index is 11.9. The Balaban J connectivity index is 2.35. The number of carbonyl (C=O) groups is 1. The Morgan fingerprint density at radius 3 is 2.80 bits per heavy atom. The Labute approximate surface area is 120 Å². The summed E-state index contributed by atoms with van der Waals surface area (Å²) in [5.74, 6) is -0.0520. The molecule has 1 aromatic heterocycles. The molecule has 7 nitrogen and oxygen atoms in total. The summed E-state index contributed by atoms with van der Waals surface area (Å²) in [6.45, 7) is 2.95. The second-order valence-corrected chi connectivity index (χ2v) is 5.92. The number of likely N-dealkylation sites (N-methyl/N-ethyl adjacent to an activating group) is 1. The molecule has 1 unspecified atom stereocenters. The number of nitrogens with zero attached hydrogens (tertiary/aromatic N) is 3. The average molecular weight is 299 g/mol. The molecular weight excluding hydrogens is 282 g/mol. The summed E-state index contributed by atoms with van der Waals surface area (Å²) >= 11 is 1.18. The summed E-state index contributed by atoms with van der Waals surface area (Å²) in [7, 11) is 1.73. The third-order valence-corrected chi connectivity index (χ3v) is 4.64. The fourth-order valence-corrected chi connectivity index (χ4v) is 3.20. The predicted octanol–water partition coefficient (Wildman–Crippen LogP) is 1.38. The first-order chi connectivity index (χ1) is 9.40. The summed E-state index contributed by atoms with van der Waals surface area (Å²) in [4.78, 5) is 26.5. The van der Waals surface area contributed by atoms with Gasteiger partial charge in [-0.25, -0.2) is 0 Å².